The lowest BCUT2D eigenvalue weighted by molar-refractivity contribution is -0.122. The predicted octanol–water partition coefficient (Wildman–Crippen LogP) is 2.42. The maximum absolute atomic E-state index is 12.1. The molecular formula is C17H33N3O. The van der Waals surface area contributed by atoms with Crippen molar-refractivity contribution in [3.05, 3.63) is 0 Å². The van der Waals surface area contributed by atoms with E-state index in [1.807, 2.05) is 0 Å². The van der Waals surface area contributed by atoms with Gasteiger partial charge in [-0.05, 0) is 45.1 Å². The van der Waals surface area contributed by atoms with Crippen molar-refractivity contribution in [1.29, 1.82) is 0 Å². The first-order valence-electron chi connectivity index (χ1n) is 8.98. The van der Waals surface area contributed by atoms with E-state index < -0.39 is 0 Å². The Bertz CT molecular complexity index is 307. The lowest BCUT2D eigenvalue weighted by atomic mass is 9.90. The average Bonchev–Trinajstić information content (AvgIpc) is 2.50. The van der Waals surface area contributed by atoms with Crippen LogP contribution in [0.15, 0.2) is 0 Å². The van der Waals surface area contributed by atoms with E-state index >= 15 is 0 Å². The number of carbonyl (C=O) groups is 1. The van der Waals surface area contributed by atoms with Gasteiger partial charge in [-0.2, -0.15) is 0 Å². The molecule has 2 saturated carbocycles. The molecule has 0 aromatic rings. The monoisotopic (exact) mass is 295 g/mol. The molecule has 0 saturated heterocycles. The molecule has 0 aliphatic heterocycles. The Balaban J connectivity index is 1.68. The fraction of sp³-hybridized carbons (Fsp3) is 0.941. The molecule has 0 atom stereocenters. The first-order valence-corrected chi connectivity index (χ1v) is 8.98. The van der Waals surface area contributed by atoms with Gasteiger partial charge in [0.05, 0.1) is 0 Å². The number of hydrogen-bond acceptors (Lipinski definition) is 3. The van der Waals surface area contributed by atoms with Crippen LogP contribution in [-0.2, 0) is 4.79 Å². The summed E-state index contributed by atoms with van der Waals surface area (Å²) in [5, 5.41) is 3.22. The van der Waals surface area contributed by atoms with E-state index in [1.165, 1.54) is 44.9 Å². The third-order valence-electron chi connectivity index (χ3n) is 5.26. The summed E-state index contributed by atoms with van der Waals surface area (Å²) in [4.78, 5) is 14.6. The second-order valence-corrected chi connectivity index (χ2v) is 6.85. The van der Waals surface area contributed by atoms with Crippen LogP contribution in [0.2, 0.25) is 0 Å². The van der Waals surface area contributed by atoms with E-state index in [-0.39, 0.29) is 5.91 Å². The van der Waals surface area contributed by atoms with Crippen LogP contribution in [0.1, 0.15) is 71.1 Å². The summed E-state index contributed by atoms with van der Waals surface area (Å²) >= 11 is 0. The molecule has 1 amide bonds. The molecule has 0 radical (unpaired) electrons. The van der Waals surface area contributed by atoms with Crippen molar-refractivity contribution in [2.45, 2.75) is 89.3 Å². The lowest BCUT2D eigenvalue weighted by Gasteiger charge is -2.35. The molecule has 0 spiro atoms. The number of nitrogens with two attached hydrogens (primary N) is 1. The van der Waals surface area contributed by atoms with Crippen molar-refractivity contribution < 1.29 is 4.79 Å². The lowest BCUT2D eigenvalue weighted by Crippen LogP contribution is -2.43. The zero-order valence-electron chi connectivity index (χ0n) is 13.7. The van der Waals surface area contributed by atoms with Crippen molar-refractivity contribution in [1.82, 2.24) is 10.2 Å². The molecule has 0 aromatic carbocycles. The molecule has 0 unspecified atom stereocenters. The summed E-state index contributed by atoms with van der Waals surface area (Å²) < 4.78 is 0. The van der Waals surface area contributed by atoms with Gasteiger partial charge < -0.3 is 16.0 Å². The van der Waals surface area contributed by atoms with Gasteiger partial charge in [0.25, 0.3) is 0 Å². The average molecular weight is 295 g/mol. The number of rotatable bonds is 6. The predicted molar refractivity (Wildman–Crippen MR) is 87.1 cm³/mol. The zero-order chi connectivity index (χ0) is 15.1. The minimum Gasteiger partial charge on any atom is -0.353 e. The van der Waals surface area contributed by atoms with E-state index in [2.05, 4.69) is 17.1 Å². The number of nitrogens with one attached hydrogen (secondary N) is 1. The zero-order valence-corrected chi connectivity index (χ0v) is 13.7. The Morgan fingerprint density at radius 3 is 2.38 bits per heavy atom. The van der Waals surface area contributed by atoms with Gasteiger partial charge in [-0.3, -0.25) is 4.79 Å². The molecule has 0 heterocycles. The van der Waals surface area contributed by atoms with E-state index in [0.717, 1.165) is 25.9 Å². The van der Waals surface area contributed by atoms with Crippen LogP contribution in [0, 0.1) is 0 Å². The van der Waals surface area contributed by atoms with E-state index in [1.54, 1.807) is 0 Å². The normalized spacial score (nSPS) is 27.8. The van der Waals surface area contributed by atoms with Gasteiger partial charge in [0.15, 0.2) is 0 Å². The van der Waals surface area contributed by atoms with Crippen molar-refractivity contribution >= 4 is 5.91 Å². The fourth-order valence-electron chi connectivity index (χ4n) is 3.86. The highest BCUT2D eigenvalue weighted by Crippen LogP contribution is 2.22. The van der Waals surface area contributed by atoms with Crippen LogP contribution in [0.25, 0.3) is 0 Å². The highest BCUT2D eigenvalue weighted by atomic mass is 16.1. The molecule has 3 N–H and O–H groups in total. The van der Waals surface area contributed by atoms with Gasteiger partial charge in [-0.1, -0.05) is 26.2 Å². The van der Waals surface area contributed by atoms with E-state index in [0.29, 0.717) is 24.5 Å². The molecule has 21 heavy (non-hydrogen) atoms. The van der Waals surface area contributed by atoms with Crippen LogP contribution in [0.5, 0.6) is 0 Å². The largest absolute Gasteiger partial charge is 0.353 e. The van der Waals surface area contributed by atoms with Gasteiger partial charge in [0.2, 0.25) is 5.91 Å². The van der Waals surface area contributed by atoms with Crippen LogP contribution in [0.4, 0.5) is 0 Å². The Hall–Kier alpha value is -0.610. The topological polar surface area (TPSA) is 58.4 Å². The van der Waals surface area contributed by atoms with Crippen molar-refractivity contribution in [3.8, 4) is 0 Å². The van der Waals surface area contributed by atoms with Crippen molar-refractivity contribution in [2.75, 3.05) is 13.1 Å². The van der Waals surface area contributed by atoms with Crippen LogP contribution in [-0.4, -0.2) is 42.0 Å². The van der Waals surface area contributed by atoms with Gasteiger partial charge in [-0.15, -0.1) is 0 Å². The molecule has 2 rings (SSSR count). The van der Waals surface area contributed by atoms with Crippen LogP contribution in [0.3, 0.4) is 0 Å². The van der Waals surface area contributed by atoms with Crippen LogP contribution >= 0.6 is 0 Å². The minimum absolute atomic E-state index is 0.243. The summed E-state index contributed by atoms with van der Waals surface area (Å²) in [7, 11) is 0. The number of carbonyl (C=O) groups excluding carboxylic acids is 1. The fourth-order valence-corrected chi connectivity index (χ4v) is 3.86. The van der Waals surface area contributed by atoms with Crippen molar-refractivity contribution in [2.24, 2.45) is 5.73 Å². The molecule has 4 nitrogen and oxygen atoms in total. The van der Waals surface area contributed by atoms with Gasteiger partial charge in [0, 0.05) is 31.1 Å². The Morgan fingerprint density at radius 1 is 1.10 bits per heavy atom. The molecule has 2 fully saturated rings. The number of amides is 1. The third kappa shape index (κ3) is 5.59. The van der Waals surface area contributed by atoms with Crippen LogP contribution < -0.4 is 11.1 Å². The second-order valence-electron chi connectivity index (χ2n) is 6.85. The maximum Gasteiger partial charge on any atom is 0.221 e. The van der Waals surface area contributed by atoms with Gasteiger partial charge in [-0.25, -0.2) is 0 Å². The Kier molecular flexibility index (Phi) is 6.97. The highest BCUT2D eigenvalue weighted by molar-refractivity contribution is 5.76. The molecular weight excluding hydrogens is 262 g/mol. The summed E-state index contributed by atoms with van der Waals surface area (Å²) in [6.07, 6.45) is 11.5. The standard InChI is InChI=1S/C17H33N3O/c1-2-20(16-10-8-14(18)9-11-16)13-12-17(21)19-15-6-4-3-5-7-15/h14-16H,2-13,18H2,1H3,(H,19,21). The minimum atomic E-state index is 0.243. The van der Waals surface area contributed by atoms with E-state index in [4.69, 9.17) is 5.73 Å². The molecule has 0 bridgehead atoms. The first-order chi connectivity index (χ1) is 10.2. The SMILES string of the molecule is CCN(CCC(=O)NC1CCCCC1)C1CCC(N)CC1. The summed E-state index contributed by atoms with van der Waals surface area (Å²) in [6, 6.07) is 1.47. The molecule has 0 aromatic heterocycles. The van der Waals surface area contributed by atoms with E-state index in [9.17, 15) is 4.79 Å². The Labute approximate surface area is 129 Å². The quantitative estimate of drug-likeness (QED) is 0.791. The summed E-state index contributed by atoms with van der Waals surface area (Å²) in [5.41, 5.74) is 5.98. The summed E-state index contributed by atoms with van der Waals surface area (Å²) in [5.74, 6) is 0.243. The third-order valence-corrected chi connectivity index (χ3v) is 5.26. The highest BCUT2D eigenvalue weighted by Gasteiger charge is 2.24. The van der Waals surface area contributed by atoms with Gasteiger partial charge in [0.1, 0.15) is 0 Å². The maximum atomic E-state index is 12.1. The smallest absolute Gasteiger partial charge is 0.221 e. The first kappa shape index (κ1) is 16.8. The molecule has 4 heteroatoms. The molecule has 2 aliphatic rings. The molecule has 122 valence electrons. The summed E-state index contributed by atoms with van der Waals surface area (Å²) in [6.45, 7) is 4.14. The molecule has 2 aliphatic carbocycles. The van der Waals surface area contributed by atoms with Crippen molar-refractivity contribution in [3.63, 3.8) is 0 Å². The number of hydrogen-bond donors (Lipinski definition) is 2. The second kappa shape index (κ2) is 8.74. The van der Waals surface area contributed by atoms with Gasteiger partial charge >= 0.3 is 0 Å². The Morgan fingerprint density at radius 2 is 1.76 bits per heavy atom. The number of nitrogens with zero attached hydrogens (tertiary/aromatic N) is 1.